The monoisotopic (exact) mass is 531 g/mol. The van der Waals surface area contributed by atoms with Gasteiger partial charge >= 0.3 is 17.9 Å². The molecule has 3 heterocycles. The summed E-state index contributed by atoms with van der Waals surface area (Å²) >= 11 is 6.24. The Morgan fingerprint density at radius 3 is 2.49 bits per heavy atom. The van der Waals surface area contributed by atoms with E-state index in [0.29, 0.717) is 23.5 Å². The average molecular weight is 532 g/mol. The fourth-order valence-corrected chi connectivity index (χ4v) is 4.29. The number of nitrogens with one attached hydrogen (secondary N) is 1. The minimum Gasteiger partial charge on any atom is -0.463 e. The van der Waals surface area contributed by atoms with E-state index >= 15 is 0 Å². The number of aromatic nitrogens is 4. The lowest BCUT2D eigenvalue weighted by atomic mass is 10.1. The third-order valence-electron chi connectivity index (χ3n) is 5.55. The maximum absolute atomic E-state index is 11.9. The zero-order chi connectivity index (χ0) is 26.7. The summed E-state index contributed by atoms with van der Waals surface area (Å²) < 4.78 is 23.6. The second kappa shape index (κ2) is 11.1. The number of nitrogens with zero attached hydrogens (tertiary/aromatic N) is 4. The number of aryl methyl sites for hydroxylation is 1. The second-order valence-electron chi connectivity index (χ2n) is 8.52. The molecule has 1 aromatic carbocycles. The van der Waals surface area contributed by atoms with Crippen LogP contribution in [0.4, 0.5) is 5.82 Å². The molecule has 4 rings (SSSR count). The first-order valence-corrected chi connectivity index (χ1v) is 11.8. The SMILES string of the molecule is CC(=O)OC[C@H]1O[C@@H](n2cnc3c(NCc4cccc(C)c4)nc(Cl)nc32)[C@H](OC(C)=O)[C@@H]1OC(C)=O. The summed E-state index contributed by atoms with van der Waals surface area (Å²) in [5, 5.41) is 3.19. The molecule has 0 saturated carbocycles. The number of rotatable bonds is 8. The summed E-state index contributed by atoms with van der Waals surface area (Å²) in [4.78, 5) is 48.2. The zero-order valence-electron chi connectivity index (χ0n) is 20.6. The number of benzene rings is 1. The first-order chi connectivity index (χ1) is 17.6. The molecule has 0 bridgehead atoms. The van der Waals surface area contributed by atoms with E-state index in [0.717, 1.165) is 11.1 Å². The lowest BCUT2D eigenvalue weighted by Gasteiger charge is -2.23. The van der Waals surface area contributed by atoms with Gasteiger partial charge in [-0.2, -0.15) is 9.97 Å². The molecular formula is C24H26ClN5O7. The molecule has 1 N–H and O–H groups in total. The summed E-state index contributed by atoms with van der Waals surface area (Å²) in [6.07, 6.45) is -2.64. The lowest BCUT2D eigenvalue weighted by molar-refractivity contribution is -0.166. The van der Waals surface area contributed by atoms with Crippen LogP contribution in [0.3, 0.4) is 0 Å². The molecule has 1 aliphatic heterocycles. The van der Waals surface area contributed by atoms with E-state index in [4.69, 9.17) is 30.5 Å². The number of imidazole rings is 1. The van der Waals surface area contributed by atoms with Crippen molar-refractivity contribution in [2.24, 2.45) is 0 Å². The molecule has 3 aromatic rings. The Morgan fingerprint density at radius 1 is 1.08 bits per heavy atom. The van der Waals surface area contributed by atoms with Gasteiger partial charge in [-0.3, -0.25) is 19.0 Å². The number of halogens is 1. The van der Waals surface area contributed by atoms with Crippen LogP contribution in [-0.2, 0) is 39.9 Å². The molecule has 12 nitrogen and oxygen atoms in total. The van der Waals surface area contributed by atoms with Crippen molar-refractivity contribution in [1.82, 2.24) is 19.5 Å². The smallest absolute Gasteiger partial charge is 0.303 e. The number of fused-ring (bicyclic) bond motifs is 1. The highest BCUT2D eigenvalue weighted by Crippen LogP contribution is 2.36. The molecule has 0 radical (unpaired) electrons. The number of carbonyl (C=O) groups excluding carboxylic acids is 3. The van der Waals surface area contributed by atoms with E-state index in [9.17, 15) is 14.4 Å². The van der Waals surface area contributed by atoms with Gasteiger partial charge in [0.15, 0.2) is 35.4 Å². The number of hydrogen-bond donors (Lipinski definition) is 1. The van der Waals surface area contributed by atoms with Crippen molar-refractivity contribution >= 4 is 46.5 Å². The largest absolute Gasteiger partial charge is 0.463 e. The fourth-order valence-electron chi connectivity index (χ4n) is 4.12. The van der Waals surface area contributed by atoms with E-state index in [1.165, 1.54) is 31.7 Å². The second-order valence-corrected chi connectivity index (χ2v) is 8.86. The number of hydrogen-bond acceptors (Lipinski definition) is 11. The van der Waals surface area contributed by atoms with Crippen molar-refractivity contribution in [3.8, 4) is 0 Å². The van der Waals surface area contributed by atoms with E-state index in [1.54, 1.807) is 0 Å². The van der Waals surface area contributed by atoms with E-state index in [1.807, 2.05) is 31.2 Å². The van der Waals surface area contributed by atoms with Crippen molar-refractivity contribution in [3.05, 3.63) is 47.0 Å². The van der Waals surface area contributed by atoms with Crippen LogP contribution in [0.15, 0.2) is 30.6 Å². The fraction of sp³-hybridized carbons (Fsp3) is 0.417. The summed E-state index contributed by atoms with van der Waals surface area (Å²) in [5.74, 6) is -1.40. The van der Waals surface area contributed by atoms with E-state index in [2.05, 4.69) is 20.3 Å². The normalized spacial score (nSPS) is 21.0. The zero-order valence-corrected chi connectivity index (χ0v) is 21.4. The number of carbonyl (C=O) groups is 3. The van der Waals surface area contributed by atoms with Gasteiger partial charge in [-0.1, -0.05) is 29.8 Å². The highest BCUT2D eigenvalue weighted by atomic mass is 35.5. The predicted molar refractivity (Wildman–Crippen MR) is 130 cm³/mol. The Bertz CT molecular complexity index is 1330. The van der Waals surface area contributed by atoms with Gasteiger partial charge in [-0.05, 0) is 24.1 Å². The highest BCUT2D eigenvalue weighted by molar-refractivity contribution is 6.28. The van der Waals surface area contributed by atoms with Gasteiger partial charge < -0.3 is 24.3 Å². The Kier molecular flexibility index (Phi) is 7.89. The molecule has 2 aromatic heterocycles. The lowest BCUT2D eigenvalue weighted by Crippen LogP contribution is -2.40. The predicted octanol–water partition coefficient (Wildman–Crippen LogP) is 2.72. The molecule has 13 heteroatoms. The van der Waals surface area contributed by atoms with Gasteiger partial charge in [0.05, 0.1) is 6.33 Å². The molecule has 1 saturated heterocycles. The number of ether oxygens (including phenoxy) is 4. The number of esters is 3. The molecule has 0 aliphatic carbocycles. The van der Waals surface area contributed by atoms with Crippen LogP contribution in [-0.4, -0.2) is 62.3 Å². The van der Waals surface area contributed by atoms with Crippen LogP contribution in [0.2, 0.25) is 5.28 Å². The van der Waals surface area contributed by atoms with Crippen LogP contribution >= 0.6 is 11.6 Å². The first-order valence-electron chi connectivity index (χ1n) is 11.4. The van der Waals surface area contributed by atoms with Gasteiger partial charge in [-0.15, -0.1) is 0 Å². The average Bonchev–Trinajstić information content (AvgIpc) is 3.37. The number of anilines is 1. The van der Waals surface area contributed by atoms with E-state index < -0.39 is 42.4 Å². The Hall–Kier alpha value is -3.77. The van der Waals surface area contributed by atoms with Crippen molar-refractivity contribution < 1.29 is 33.3 Å². The molecule has 37 heavy (non-hydrogen) atoms. The Balaban J connectivity index is 1.69. The molecule has 0 spiro atoms. The third kappa shape index (κ3) is 6.15. The standard InChI is InChI=1S/C24H26ClN5O7/c1-12-6-5-7-16(8-12)9-26-21-18-22(29-24(25)28-21)30(11-27-18)23-20(36-15(4)33)19(35-14(3)32)17(37-23)10-34-13(2)31/h5-8,11,17,19-20,23H,9-10H2,1-4H3,(H,26,28,29)/t17-,19-,20-,23-/m1/s1. The highest BCUT2D eigenvalue weighted by Gasteiger charge is 2.51. The summed E-state index contributed by atoms with van der Waals surface area (Å²) in [5.41, 5.74) is 2.85. The molecule has 1 aliphatic rings. The minimum atomic E-state index is -1.09. The van der Waals surface area contributed by atoms with Gasteiger partial charge in [0.25, 0.3) is 0 Å². The van der Waals surface area contributed by atoms with Crippen molar-refractivity contribution in [1.29, 1.82) is 0 Å². The summed E-state index contributed by atoms with van der Waals surface area (Å²) in [6.45, 7) is 5.92. The third-order valence-corrected chi connectivity index (χ3v) is 5.72. The van der Waals surface area contributed by atoms with Gasteiger partial charge in [0, 0.05) is 27.3 Å². The van der Waals surface area contributed by atoms with Crippen LogP contribution in [0.5, 0.6) is 0 Å². The minimum absolute atomic E-state index is 0.0453. The molecule has 196 valence electrons. The molecule has 0 amide bonds. The first kappa shape index (κ1) is 26.3. The molecule has 4 atom stereocenters. The van der Waals surface area contributed by atoms with Crippen LogP contribution < -0.4 is 5.32 Å². The molecular weight excluding hydrogens is 506 g/mol. The van der Waals surface area contributed by atoms with Gasteiger partial charge in [-0.25, -0.2) is 4.98 Å². The Labute approximate surface area is 217 Å². The Morgan fingerprint density at radius 2 is 1.81 bits per heavy atom. The molecule has 1 fully saturated rings. The van der Waals surface area contributed by atoms with Crippen LogP contribution in [0.25, 0.3) is 11.2 Å². The summed E-state index contributed by atoms with van der Waals surface area (Å²) in [7, 11) is 0. The van der Waals surface area contributed by atoms with E-state index in [-0.39, 0.29) is 11.9 Å². The van der Waals surface area contributed by atoms with Gasteiger partial charge in [0.2, 0.25) is 5.28 Å². The van der Waals surface area contributed by atoms with Crippen molar-refractivity contribution in [2.75, 3.05) is 11.9 Å². The summed E-state index contributed by atoms with van der Waals surface area (Å²) in [6, 6.07) is 7.99. The maximum atomic E-state index is 11.9. The topological polar surface area (TPSA) is 144 Å². The maximum Gasteiger partial charge on any atom is 0.303 e. The van der Waals surface area contributed by atoms with Crippen molar-refractivity contribution in [2.45, 2.75) is 58.8 Å². The van der Waals surface area contributed by atoms with Crippen LogP contribution in [0.1, 0.15) is 38.1 Å². The van der Waals surface area contributed by atoms with Gasteiger partial charge in [0.1, 0.15) is 12.7 Å². The quantitative estimate of drug-likeness (QED) is 0.260. The molecule has 0 unspecified atom stereocenters. The van der Waals surface area contributed by atoms with Crippen molar-refractivity contribution in [3.63, 3.8) is 0 Å². The van der Waals surface area contributed by atoms with Crippen LogP contribution in [0, 0.1) is 6.92 Å².